The van der Waals surface area contributed by atoms with Crippen molar-refractivity contribution in [3.63, 3.8) is 0 Å². The molecule has 2 fully saturated rings. The topological polar surface area (TPSA) is 33.1 Å². The molecule has 0 spiro atoms. The van der Waals surface area contributed by atoms with Gasteiger partial charge in [-0.05, 0) is 49.7 Å². The van der Waals surface area contributed by atoms with Crippen molar-refractivity contribution in [3.8, 4) is 0 Å². The fourth-order valence-electron chi connectivity index (χ4n) is 2.40. The van der Waals surface area contributed by atoms with Crippen molar-refractivity contribution in [2.45, 2.75) is 31.3 Å². The van der Waals surface area contributed by atoms with E-state index in [4.69, 9.17) is 0 Å². The van der Waals surface area contributed by atoms with Gasteiger partial charge in [0.05, 0.1) is 5.69 Å². The molecule has 0 atom stereocenters. The predicted molar refractivity (Wildman–Crippen MR) is 53.6 cm³/mol. The van der Waals surface area contributed by atoms with Gasteiger partial charge < -0.3 is 5.11 Å². The molecule has 0 bridgehead atoms. The standard InChI is InChI=1S/C12H15NO/c14-12(9-4-5-9,10-6-7-10)11-3-1-2-8-13-11/h1-3,8-10,14H,4-7H2. The number of hydrogen-bond donors (Lipinski definition) is 1. The quantitative estimate of drug-likeness (QED) is 0.789. The van der Waals surface area contributed by atoms with Crippen LogP contribution in [-0.2, 0) is 5.60 Å². The third kappa shape index (κ3) is 1.17. The molecule has 1 aromatic heterocycles. The number of pyridine rings is 1. The lowest BCUT2D eigenvalue weighted by Crippen LogP contribution is -2.32. The second-order valence-electron chi connectivity index (χ2n) is 4.59. The zero-order chi connectivity index (χ0) is 9.60. The molecule has 2 nitrogen and oxygen atoms in total. The second-order valence-corrected chi connectivity index (χ2v) is 4.59. The highest BCUT2D eigenvalue weighted by Crippen LogP contribution is 2.56. The fourth-order valence-corrected chi connectivity index (χ4v) is 2.40. The van der Waals surface area contributed by atoms with Crippen molar-refractivity contribution in [3.05, 3.63) is 30.1 Å². The molecular formula is C12H15NO. The molecule has 14 heavy (non-hydrogen) atoms. The highest BCUT2D eigenvalue weighted by molar-refractivity contribution is 5.20. The fraction of sp³-hybridized carbons (Fsp3) is 0.583. The van der Waals surface area contributed by atoms with Crippen LogP contribution >= 0.6 is 0 Å². The number of hydrogen-bond acceptors (Lipinski definition) is 2. The molecule has 2 saturated carbocycles. The average molecular weight is 189 g/mol. The van der Waals surface area contributed by atoms with Crippen molar-refractivity contribution >= 4 is 0 Å². The van der Waals surface area contributed by atoms with Crippen molar-refractivity contribution in [2.75, 3.05) is 0 Å². The van der Waals surface area contributed by atoms with Crippen LogP contribution in [0.15, 0.2) is 24.4 Å². The van der Waals surface area contributed by atoms with E-state index in [1.165, 1.54) is 25.7 Å². The Morgan fingerprint density at radius 2 is 1.79 bits per heavy atom. The van der Waals surface area contributed by atoms with E-state index >= 15 is 0 Å². The first-order valence-corrected chi connectivity index (χ1v) is 5.45. The van der Waals surface area contributed by atoms with Crippen LogP contribution in [0.2, 0.25) is 0 Å². The molecule has 1 aromatic rings. The second kappa shape index (κ2) is 2.80. The van der Waals surface area contributed by atoms with E-state index in [1.54, 1.807) is 6.20 Å². The van der Waals surface area contributed by atoms with E-state index in [-0.39, 0.29) is 0 Å². The largest absolute Gasteiger partial charge is 0.383 e. The minimum atomic E-state index is -0.596. The highest BCUT2D eigenvalue weighted by Gasteiger charge is 2.54. The molecule has 2 heteroatoms. The molecule has 0 aromatic carbocycles. The van der Waals surface area contributed by atoms with E-state index in [9.17, 15) is 5.11 Å². The molecule has 1 heterocycles. The van der Waals surface area contributed by atoms with E-state index in [2.05, 4.69) is 4.98 Å². The molecule has 0 aliphatic heterocycles. The minimum Gasteiger partial charge on any atom is -0.383 e. The Morgan fingerprint density at radius 3 is 2.21 bits per heavy atom. The maximum atomic E-state index is 10.7. The summed E-state index contributed by atoms with van der Waals surface area (Å²) in [4.78, 5) is 4.32. The van der Waals surface area contributed by atoms with Gasteiger partial charge >= 0.3 is 0 Å². The van der Waals surface area contributed by atoms with Gasteiger partial charge in [-0.1, -0.05) is 6.07 Å². The smallest absolute Gasteiger partial charge is 0.112 e. The van der Waals surface area contributed by atoms with Crippen LogP contribution in [0.5, 0.6) is 0 Å². The SMILES string of the molecule is OC(c1ccccn1)(C1CC1)C1CC1. The number of rotatable bonds is 3. The molecule has 0 amide bonds. The van der Waals surface area contributed by atoms with Crippen LogP contribution in [0.1, 0.15) is 31.4 Å². The Morgan fingerprint density at radius 1 is 1.14 bits per heavy atom. The van der Waals surface area contributed by atoms with Gasteiger partial charge in [-0.15, -0.1) is 0 Å². The van der Waals surface area contributed by atoms with Crippen LogP contribution in [-0.4, -0.2) is 10.1 Å². The van der Waals surface area contributed by atoms with Gasteiger partial charge in [-0.2, -0.15) is 0 Å². The molecule has 2 aliphatic rings. The molecule has 74 valence electrons. The van der Waals surface area contributed by atoms with Crippen molar-refractivity contribution in [1.82, 2.24) is 4.98 Å². The van der Waals surface area contributed by atoms with Crippen molar-refractivity contribution in [1.29, 1.82) is 0 Å². The van der Waals surface area contributed by atoms with Gasteiger partial charge in [0.25, 0.3) is 0 Å². The third-order valence-corrected chi connectivity index (χ3v) is 3.47. The molecule has 0 saturated heterocycles. The predicted octanol–water partition coefficient (Wildman–Crippen LogP) is 2.09. The van der Waals surface area contributed by atoms with Gasteiger partial charge in [0.15, 0.2) is 0 Å². The summed E-state index contributed by atoms with van der Waals surface area (Å²) in [5, 5.41) is 10.7. The zero-order valence-corrected chi connectivity index (χ0v) is 8.19. The average Bonchev–Trinajstić information content (AvgIpc) is 3.06. The van der Waals surface area contributed by atoms with Crippen molar-refractivity contribution < 1.29 is 5.11 Å². The van der Waals surface area contributed by atoms with Crippen molar-refractivity contribution in [2.24, 2.45) is 11.8 Å². The Kier molecular flexibility index (Phi) is 1.68. The van der Waals surface area contributed by atoms with E-state index in [1.807, 2.05) is 18.2 Å². The van der Waals surface area contributed by atoms with Gasteiger partial charge in [0, 0.05) is 6.20 Å². The Hall–Kier alpha value is -0.890. The highest BCUT2D eigenvalue weighted by atomic mass is 16.3. The lowest BCUT2D eigenvalue weighted by molar-refractivity contribution is -0.0143. The number of aromatic nitrogens is 1. The Balaban J connectivity index is 1.98. The maximum absolute atomic E-state index is 10.7. The van der Waals surface area contributed by atoms with E-state index in [0.717, 1.165) is 5.69 Å². The van der Waals surface area contributed by atoms with Gasteiger partial charge in [-0.3, -0.25) is 4.98 Å². The lowest BCUT2D eigenvalue weighted by Gasteiger charge is -2.27. The summed E-state index contributed by atoms with van der Waals surface area (Å²) in [5.74, 6) is 0.954. The minimum absolute atomic E-state index is 0.477. The molecule has 0 radical (unpaired) electrons. The maximum Gasteiger partial charge on any atom is 0.112 e. The number of aliphatic hydroxyl groups is 1. The van der Waals surface area contributed by atoms with Crippen LogP contribution in [0, 0.1) is 11.8 Å². The van der Waals surface area contributed by atoms with Gasteiger partial charge in [0.2, 0.25) is 0 Å². The van der Waals surface area contributed by atoms with E-state index < -0.39 is 5.60 Å². The molecule has 0 unspecified atom stereocenters. The van der Waals surface area contributed by atoms with Crippen LogP contribution in [0.3, 0.4) is 0 Å². The van der Waals surface area contributed by atoms with Crippen LogP contribution in [0.25, 0.3) is 0 Å². The summed E-state index contributed by atoms with van der Waals surface area (Å²) in [7, 11) is 0. The molecule has 1 N–H and O–H groups in total. The zero-order valence-electron chi connectivity index (χ0n) is 8.19. The summed E-state index contributed by atoms with van der Waals surface area (Å²) in [6.07, 6.45) is 6.46. The summed E-state index contributed by atoms with van der Waals surface area (Å²) in [6, 6.07) is 5.85. The first-order valence-electron chi connectivity index (χ1n) is 5.45. The van der Waals surface area contributed by atoms with E-state index in [0.29, 0.717) is 11.8 Å². The lowest BCUT2D eigenvalue weighted by atomic mass is 9.88. The first-order chi connectivity index (χ1) is 6.82. The summed E-state index contributed by atoms with van der Waals surface area (Å²) >= 11 is 0. The summed E-state index contributed by atoms with van der Waals surface area (Å²) in [5.41, 5.74) is 0.298. The monoisotopic (exact) mass is 189 g/mol. The van der Waals surface area contributed by atoms with Crippen LogP contribution in [0.4, 0.5) is 0 Å². The molecule has 2 aliphatic carbocycles. The van der Waals surface area contributed by atoms with Crippen LogP contribution < -0.4 is 0 Å². The normalized spacial score (nSPS) is 22.4. The first kappa shape index (κ1) is 8.42. The van der Waals surface area contributed by atoms with Gasteiger partial charge in [-0.25, -0.2) is 0 Å². The summed E-state index contributed by atoms with van der Waals surface area (Å²) < 4.78 is 0. The Labute approximate surface area is 84.0 Å². The molecule has 3 rings (SSSR count). The Bertz CT molecular complexity index is 315. The summed E-state index contributed by atoms with van der Waals surface area (Å²) in [6.45, 7) is 0. The third-order valence-electron chi connectivity index (χ3n) is 3.47. The number of nitrogens with zero attached hydrogens (tertiary/aromatic N) is 1. The molecular weight excluding hydrogens is 174 g/mol. The van der Waals surface area contributed by atoms with Gasteiger partial charge in [0.1, 0.15) is 5.60 Å².